The van der Waals surface area contributed by atoms with E-state index in [0.717, 1.165) is 0 Å². The first-order valence-electron chi connectivity index (χ1n) is 5.59. The van der Waals surface area contributed by atoms with Crippen molar-refractivity contribution in [3.8, 4) is 0 Å². The van der Waals surface area contributed by atoms with Gasteiger partial charge in [0.05, 0.1) is 11.5 Å². The van der Waals surface area contributed by atoms with E-state index in [4.69, 9.17) is 21.1 Å². The van der Waals surface area contributed by atoms with Crippen LogP contribution >= 0.6 is 11.6 Å². The van der Waals surface area contributed by atoms with Crippen molar-refractivity contribution in [2.24, 2.45) is 4.99 Å². The Morgan fingerprint density at radius 3 is 2.90 bits per heavy atom. The molecule has 1 heterocycles. The van der Waals surface area contributed by atoms with Crippen molar-refractivity contribution in [3.63, 3.8) is 0 Å². The first-order valence-corrected chi connectivity index (χ1v) is 5.97. The fourth-order valence-corrected chi connectivity index (χ4v) is 1.71. The number of carbonyl (C=O) groups excluding carboxylic acids is 1. The molecule has 0 atom stereocenters. The molecule has 0 N–H and O–H groups in total. The highest BCUT2D eigenvalue weighted by Crippen LogP contribution is 2.24. The molecule has 1 aromatic carbocycles. The average Bonchev–Trinajstić information content (AvgIpc) is 2.77. The minimum Gasteiger partial charge on any atom is -0.499 e. The summed E-state index contributed by atoms with van der Waals surface area (Å²) >= 11 is 5.79. The summed E-state index contributed by atoms with van der Waals surface area (Å²) in [5.41, 5.74) is 0.0235. The molecule has 0 aliphatic carbocycles. The maximum absolute atomic E-state index is 11.5. The summed E-state index contributed by atoms with van der Waals surface area (Å²) in [6, 6.07) is 3.84. The summed E-state index contributed by atoms with van der Waals surface area (Å²) in [5.74, 6) is -0.734. The van der Waals surface area contributed by atoms with Gasteiger partial charge in [0.2, 0.25) is 5.90 Å². The number of non-ortho nitro benzene ring substituents is 1. The third-order valence-corrected chi connectivity index (χ3v) is 2.54. The van der Waals surface area contributed by atoms with Crippen molar-refractivity contribution in [2.75, 3.05) is 6.61 Å². The van der Waals surface area contributed by atoms with E-state index in [1.807, 2.05) is 0 Å². The number of ether oxygens (including phenoxy) is 2. The third kappa shape index (κ3) is 2.94. The van der Waals surface area contributed by atoms with Crippen molar-refractivity contribution < 1.29 is 19.2 Å². The van der Waals surface area contributed by atoms with E-state index in [2.05, 4.69) is 4.99 Å². The normalized spacial score (nSPS) is 16.0. The van der Waals surface area contributed by atoms with E-state index in [1.165, 1.54) is 24.5 Å². The molecule has 0 unspecified atom stereocenters. The molecule has 7 nitrogen and oxygen atoms in total. The SMILES string of the molecule is CCOC=C1N=C(c2cc(Cl)cc([N+](=O)[O-])c2)OC1=O. The number of aliphatic imine (C=N–C) groups is 1. The van der Waals surface area contributed by atoms with Gasteiger partial charge in [-0.15, -0.1) is 0 Å². The zero-order chi connectivity index (χ0) is 14.7. The van der Waals surface area contributed by atoms with Crippen LogP contribution in [0.15, 0.2) is 35.2 Å². The van der Waals surface area contributed by atoms with Gasteiger partial charge in [-0.05, 0) is 13.0 Å². The largest absolute Gasteiger partial charge is 0.499 e. The predicted molar refractivity (Wildman–Crippen MR) is 70.4 cm³/mol. The zero-order valence-electron chi connectivity index (χ0n) is 10.3. The monoisotopic (exact) mass is 296 g/mol. The van der Waals surface area contributed by atoms with E-state index < -0.39 is 10.9 Å². The summed E-state index contributed by atoms with van der Waals surface area (Å²) in [5, 5.41) is 10.9. The Morgan fingerprint density at radius 2 is 2.25 bits per heavy atom. The Labute approximate surface area is 118 Å². The Kier molecular flexibility index (Phi) is 3.99. The maximum atomic E-state index is 11.5. The van der Waals surface area contributed by atoms with Crippen LogP contribution in [0.3, 0.4) is 0 Å². The summed E-state index contributed by atoms with van der Waals surface area (Å²) in [7, 11) is 0. The van der Waals surface area contributed by atoms with Gasteiger partial charge >= 0.3 is 5.97 Å². The van der Waals surface area contributed by atoms with Gasteiger partial charge in [0.1, 0.15) is 6.26 Å². The highest BCUT2D eigenvalue weighted by atomic mass is 35.5. The smallest absolute Gasteiger partial charge is 0.367 e. The number of benzene rings is 1. The van der Waals surface area contributed by atoms with Crippen molar-refractivity contribution >= 4 is 29.2 Å². The lowest BCUT2D eigenvalue weighted by atomic mass is 10.2. The van der Waals surface area contributed by atoms with Crippen LogP contribution in [0.1, 0.15) is 12.5 Å². The molecular formula is C12H9ClN2O5. The van der Waals surface area contributed by atoms with Crippen LogP contribution in [0, 0.1) is 10.1 Å². The number of nitrogens with zero attached hydrogens (tertiary/aromatic N) is 2. The maximum Gasteiger partial charge on any atom is 0.367 e. The van der Waals surface area contributed by atoms with Gasteiger partial charge in [-0.3, -0.25) is 10.1 Å². The number of nitro benzene ring substituents is 1. The Morgan fingerprint density at radius 1 is 1.50 bits per heavy atom. The summed E-state index contributed by atoms with van der Waals surface area (Å²) in [6.45, 7) is 2.13. The number of hydrogen-bond donors (Lipinski definition) is 0. The van der Waals surface area contributed by atoms with Crippen LogP contribution in [-0.2, 0) is 14.3 Å². The number of esters is 1. The second-order valence-electron chi connectivity index (χ2n) is 3.72. The molecule has 0 aromatic heterocycles. The molecule has 0 amide bonds. The first-order chi connectivity index (χ1) is 9.51. The van der Waals surface area contributed by atoms with Gasteiger partial charge < -0.3 is 9.47 Å². The molecule has 0 saturated carbocycles. The van der Waals surface area contributed by atoms with Crippen LogP contribution in [0.2, 0.25) is 5.02 Å². The van der Waals surface area contributed by atoms with Crippen LogP contribution in [-0.4, -0.2) is 23.4 Å². The molecule has 20 heavy (non-hydrogen) atoms. The summed E-state index contributed by atoms with van der Waals surface area (Å²) in [6.07, 6.45) is 1.17. The van der Waals surface area contributed by atoms with Crippen LogP contribution in [0.25, 0.3) is 0 Å². The van der Waals surface area contributed by atoms with E-state index in [-0.39, 0.29) is 27.9 Å². The Bertz CT molecular complexity index is 639. The summed E-state index contributed by atoms with van der Waals surface area (Å²) in [4.78, 5) is 25.6. The second-order valence-corrected chi connectivity index (χ2v) is 4.16. The number of nitro groups is 1. The minimum absolute atomic E-state index is 0.00974. The van der Waals surface area contributed by atoms with Gasteiger partial charge in [-0.2, -0.15) is 0 Å². The molecule has 1 aromatic rings. The lowest BCUT2D eigenvalue weighted by Gasteiger charge is -2.00. The molecule has 2 rings (SSSR count). The first kappa shape index (κ1) is 14.0. The molecular weight excluding hydrogens is 288 g/mol. The molecule has 0 fully saturated rings. The van der Waals surface area contributed by atoms with Crippen LogP contribution in [0.5, 0.6) is 0 Å². The van der Waals surface area contributed by atoms with E-state index >= 15 is 0 Å². The second kappa shape index (κ2) is 5.70. The zero-order valence-corrected chi connectivity index (χ0v) is 11.1. The molecule has 0 bridgehead atoms. The highest BCUT2D eigenvalue weighted by molar-refractivity contribution is 6.31. The number of carbonyl (C=O) groups is 1. The lowest BCUT2D eigenvalue weighted by molar-refractivity contribution is -0.384. The Hall–Kier alpha value is -2.41. The van der Waals surface area contributed by atoms with Gasteiger partial charge in [0.25, 0.3) is 5.69 Å². The topological polar surface area (TPSA) is 91.0 Å². The molecule has 8 heteroatoms. The molecule has 0 saturated heterocycles. The third-order valence-electron chi connectivity index (χ3n) is 2.32. The number of hydrogen-bond acceptors (Lipinski definition) is 6. The van der Waals surface area contributed by atoms with Gasteiger partial charge in [0.15, 0.2) is 5.70 Å². The van der Waals surface area contributed by atoms with Gasteiger partial charge in [0, 0.05) is 22.7 Å². The van der Waals surface area contributed by atoms with Crippen molar-refractivity contribution in [1.82, 2.24) is 0 Å². The van der Waals surface area contributed by atoms with E-state index in [1.54, 1.807) is 6.92 Å². The van der Waals surface area contributed by atoms with Crippen LogP contribution in [0.4, 0.5) is 5.69 Å². The highest BCUT2D eigenvalue weighted by Gasteiger charge is 2.26. The van der Waals surface area contributed by atoms with Crippen molar-refractivity contribution in [3.05, 3.63) is 50.9 Å². The fraction of sp³-hybridized carbons (Fsp3) is 0.167. The standard InChI is InChI=1S/C12H9ClN2O5/c1-2-19-6-10-12(16)20-11(14-10)7-3-8(13)5-9(4-7)15(17)18/h3-6H,2H2,1H3. The predicted octanol–water partition coefficient (Wildman–Crippen LogP) is 2.43. The van der Waals surface area contributed by atoms with Crippen LogP contribution < -0.4 is 0 Å². The molecule has 1 aliphatic heterocycles. The number of halogens is 1. The molecule has 0 spiro atoms. The fourth-order valence-electron chi connectivity index (χ4n) is 1.48. The lowest BCUT2D eigenvalue weighted by Crippen LogP contribution is -2.06. The minimum atomic E-state index is -0.684. The molecule has 104 valence electrons. The van der Waals surface area contributed by atoms with Gasteiger partial charge in [-0.25, -0.2) is 9.79 Å². The number of rotatable bonds is 4. The van der Waals surface area contributed by atoms with E-state index in [9.17, 15) is 14.9 Å². The number of cyclic esters (lactones) is 1. The van der Waals surface area contributed by atoms with Crippen molar-refractivity contribution in [2.45, 2.75) is 6.92 Å². The quantitative estimate of drug-likeness (QED) is 0.280. The summed E-state index contributed by atoms with van der Waals surface area (Å²) < 4.78 is 9.88. The van der Waals surface area contributed by atoms with Gasteiger partial charge in [-0.1, -0.05) is 11.6 Å². The molecule has 0 radical (unpaired) electrons. The van der Waals surface area contributed by atoms with E-state index in [0.29, 0.717) is 6.61 Å². The van der Waals surface area contributed by atoms with Crippen molar-refractivity contribution in [1.29, 1.82) is 0 Å². The Balaban J connectivity index is 2.37. The molecule has 1 aliphatic rings. The average molecular weight is 297 g/mol.